The van der Waals surface area contributed by atoms with E-state index < -0.39 is 11.7 Å². The minimum Gasteiger partial charge on any atom is -0.493 e. The molecule has 262 valence electrons. The Bertz CT molecular complexity index is 1660. The molecule has 0 N–H and O–H groups in total. The fourth-order valence-corrected chi connectivity index (χ4v) is 6.00. The molecule has 0 spiro atoms. The molecule has 3 aromatic carbocycles. The fourth-order valence-electron chi connectivity index (χ4n) is 5.67. The number of ether oxygens (including phenoxy) is 6. The van der Waals surface area contributed by atoms with Crippen molar-refractivity contribution in [3.05, 3.63) is 76.9 Å². The highest BCUT2D eigenvalue weighted by molar-refractivity contribution is 9.08. The summed E-state index contributed by atoms with van der Waals surface area (Å²) in [6.07, 6.45) is 2.06. The molecule has 0 unspecified atom stereocenters. The molecule has 2 aliphatic rings. The maximum absolute atomic E-state index is 13.8. The first kappa shape index (κ1) is 36.3. The zero-order valence-electron chi connectivity index (χ0n) is 28.7. The average Bonchev–Trinajstić information content (AvgIpc) is 3.40. The molecule has 0 aromatic heterocycles. The summed E-state index contributed by atoms with van der Waals surface area (Å²) in [6, 6.07) is 17.0. The fraction of sp³-hybridized carbons (Fsp3) is 0.432. The first-order chi connectivity index (χ1) is 23.6. The van der Waals surface area contributed by atoms with Crippen molar-refractivity contribution in [1.82, 2.24) is 0 Å². The summed E-state index contributed by atoms with van der Waals surface area (Å²) in [7, 11) is 3.17. The van der Waals surface area contributed by atoms with Crippen LogP contribution in [0.5, 0.6) is 11.5 Å². The van der Waals surface area contributed by atoms with Crippen molar-refractivity contribution >= 4 is 51.2 Å². The minimum absolute atomic E-state index is 0.133. The molecule has 3 aromatic rings. The molecule has 2 aliphatic heterocycles. The first-order valence-electron chi connectivity index (χ1n) is 16.3. The van der Waals surface area contributed by atoms with Gasteiger partial charge in [-0.25, -0.2) is 4.79 Å². The van der Waals surface area contributed by atoms with Crippen LogP contribution < -0.4 is 19.3 Å². The largest absolute Gasteiger partial charge is 0.493 e. The van der Waals surface area contributed by atoms with Crippen molar-refractivity contribution < 1.29 is 38.0 Å². The molecule has 0 fully saturated rings. The molecular weight excluding hydrogens is 694 g/mol. The van der Waals surface area contributed by atoms with Crippen molar-refractivity contribution in [3.63, 3.8) is 0 Å². The predicted molar refractivity (Wildman–Crippen MR) is 192 cm³/mol. The minimum atomic E-state index is -0.685. The van der Waals surface area contributed by atoms with Gasteiger partial charge in [-0.1, -0.05) is 40.2 Å². The van der Waals surface area contributed by atoms with Gasteiger partial charge in [-0.15, -0.1) is 0 Å². The van der Waals surface area contributed by atoms with E-state index in [9.17, 15) is 9.59 Å². The van der Waals surface area contributed by atoms with Crippen LogP contribution in [-0.4, -0.2) is 83.7 Å². The molecule has 11 nitrogen and oxygen atoms in total. The van der Waals surface area contributed by atoms with Crippen LogP contribution in [0.4, 0.5) is 21.9 Å². The number of carbonyl (C=O) groups is 2. The second-order valence-corrected chi connectivity index (χ2v) is 13.2. The quantitative estimate of drug-likeness (QED) is 0.123. The summed E-state index contributed by atoms with van der Waals surface area (Å²) in [5.41, 5.74) is 4.71. The lowest BCUT2D eigenvalue weighted by molar-refractivity contribution is 0.0252. The SMILES string of the molecule is COCCOCCOCCN(C(=O)OC(C)(C)C)c1cc(CBr)cc(COc2cc3c(cc2OC)C(=O)N2c4ccccc4C[C@H]2C=N3)c1. The number of halogens is 1. The standard InChI is InChI=1S/C37H44BrN3O8/c1-37(2,3)49-36(43)40(10-11-46-14-15-47-13-12-44-4)28-17-25(22-38)16-26(18-28)24-48-34-21-31-30(20-33(34)45-5)35(42)41-29(23-39-31)19-27-8-6-7-9-32(27)41/h6-9,16-18,20-21,23,29H,10-15,19,22,24H2,1-5H3/t29-/m0/s1. The first-order valence-corrected chi connectivity index (χ1v) is 17.4. The molecule has 2 amide bonds. The van der Waals surface area contributed by atoms with E-state index in [0.717, 1.165) is 22.4 Å². The number of methoxy groups -OCH3 is 2. The number of anilines is 2. The number of fused-ring (bicyclic) bond motifs is 4. The summed E-state index contributed by atoms with van der Waals surface area (Å²) in [6.45, 7) is 8.04. The maximum atomic E-state index is 13.8. The number of benzene rings is 3. The van der Waals surface area contributed by atoms with Gasteiger partial charge in [0.15, 0.2) is 11.5 Å². The van der Waals surface area contributed by atoms with E-state index >= 15 is 0 Å². The summed E-state index contributed by atoms with van der Waals surface area (Å²) in [5.74, 6) is 0.736. The van der Waals surface area contributed by atoms with Gasteiger partial charge in [-0.2, -0.15) is 0 Å². The molecule has 0 bridgehead atoms. The monoisotopic (exact) mass is 737 g/mol. The van der Waals surface area contributed by atoms with E-state index in [4.69, 9.17) is 33.4 Å². The highest BCUT2D eigenvalue weighted by atomic mass is 79.9. The molecule has 1 atom stereocenters. The zero-order chi connectivity index (χ0) is 35.0. The maximum Gasteiger partial charge on any atom is 0.414 e. The second-order valence-electron chi connectivity index (χ2n) is 12.7. The van der Waals surface area contributed by atoms with E-state index in [0.29, 0.717) is 66.6 Å². The van der Waals surface area contributed by atoms with Crippen molar-refractivity contribution in [2.45, 2.75) is 50.8 Å². The number of carbonyl (C=O) groups excluding carboxylic acids is 2. The van der Waals surface area contributed by atoms with E-state index in [1.807, 2.05) is 69.5 Å². The van der Waals surface area contributed by atoms with Crippen LogP contribution >= 0.6 is 15.9 Å². The van der Waals surface area contributed by atoms with Gasteiger partial charge in [0, 0.05) is 42.5 Å². The molecule has 49 heavy (non-hydrogen) atoms. The Hall–Kier alpha value is -3.97. The van der Waals surface area contributed by atoms with Crippen molar-refractivity contribution in [3.8, 4) is 11.5 Å². The second kappa shape index (κ2) is 16.6. The van der Waals surface area contributed by atoms with Crippen LogP contribution in [0, 0.1) is 0 Å². The van der Waals surface area contributed by atoms with Gasteiger partial charge in [0.2, 0.25) is 0 Å². The van der Waals surface area contributed by atoms with Crippen molar-refractivity contribution in [2.24, 2.45) is 4.99 Å². The number of alkyl halides is 1. The number of hydrogen-bond acceptors (Lipinski definition) is 9. The lowest BCUT2D eigenvalue weighted by Gasteiger charge is -2.28. The molecule has 0 saturated carbocycles. The summed E-state index contributed by atoms with van der Waals surface area (Å²) >= 11 is 3.57. The van der Waals surface area contributed by atoms with Crippen LogP contribution in [-0.2, 0) is 37.3 Å². The normalized spacial score (nSPS) is 14.9. The van der Waals surface area contributed by atoms with Gasteiger partial charge in [0.25, 0.3) is 5.91 Å². The Morgan fingerprint density at radius 3 is 2.43 bits per heavy atom. The van der Waals surface area contributed by atoms with E-state index in [1.165, 1.54) is 0 Å². The summed E-state index contributed by atoms with van der Waals surface area (Å²) < 4.78 is 34.0. The lowest BCUT2D eigenvalue weighted by Crippen LogP contribution is -2.39. The number of amides is 2. The molecule has 12 heteroatoms. The van der Waals surface area contributed by atoms with E-state index in [1.54, 1.807) is 36.2 Å². The molecule has 5 rings (SSSR count). The Kier molecular flexibility index (Phi) is 12.3. The molecule has 0 saturated heterocycles. The Labute approximate surface area is 296 Å². The van der Waals surface area contributed by atoms with Gasteiger partial charge in [0.05, 0.1) is 64.0 Å². The van der Waals surface area contributed by atoms with Gasteiger partial charge in [-0.05, 0) is 61.7 Å². The Morgan fingerprint density at radius 2 is 1.69 bits per heavy atom. The zero-order valence-corrected chi connectivity index (χ0v) is 30.3. The van der Waals surface area contributed by atoms with Crippen LogP contribution in [0.25, 0.3) is 0 Å². The van der Waals surface area contributed by atoms with Crippen molar-refractivity contribution in [1.29, 1.82) is 0 Å². The van der Waals surface area contributed by atoms with Gasteiger partial charge in [0.1, 0.15) is 12.2 Å². The third kappa shape index (κ3) is 9.18. The number of nitrogens with zero attached hydrogens (tertiary/aromatic N) is 3. The van der Waals surface area contributed by atoms with Gasteiger partial charge >= 0.3 is 6.09 Å². The molecule has 0 aliphatic carbocycles. The summed E-state index contributed by atoms with van der Waals surface area (Å²) in [4.78, 5) is 35.3. The molecular formula is C37H44BrN3O8. The molecule has 0 radical (unpaired) electrons. The number of para-hydroxylation sites is 1. The van der Waals surface area contributed by atoms with E-state index in [-0.39, 0.29) is 31.7 Å². The molecule has 2 heterocycles. The number of rotatable bonds is 15. The Balaban J connectivity index is 1.34. The van der Waals surface area contributed by atoms with Crippen molar-refractivity contribution in [2.75, 3.05) is 63.6 Å². The van der Waals surface area contributed by atoms with Gasteiger partial charge in [-0.3, -0.25) is 19.6 Å². The highest BCUT2D eigenvalue weighted by Crippen LogP contribution is 2.41. The predicted octanol–water partition coefficient (Wildman–Crippen LogP) is 6.88. The summed E-state index contributed by atoms with van der Waals surface area (Å²) in [5, 5.41) is 0.561. The van der Waals surface area contributed by atoms with Crippen LogP contribution in [0.3, 0.4) is 0 Å². The third-order valence-corrected chi connectivity index (χ3v) is 8.55. The van der Waals surface area contributed by atoms with Gasteiger partial charge < -0.3 is 28.4 Å². The van der Waals surface area contributed by atoms with Crippen LogP contribution in [0.2, 0.25) is 0 Å². The number of hydrogen-bond donors (Lipinski definition) is 0. The highest BCUT2D eigenvalue weighted by Gasteiger charge is 2.36. The lowest BCUT2D eigenvalue weighted by atomic mass is 10.1. The van der Waals surface area contributed by atoms with E-state index in [2.05, 4.69) is 15.9 Å². The van der Waals surface area contributed by atoms with Crippen LogP contribution in [0.1, 0.15) is 47.8 Å². The van der Waals surface area contributed by atoms with Crippen LogP contribution in [0.15, 0.2) is 59.6 Å². The topological polar surface area (TPSA) is 108 Å². The third-order valence-electron chi connectivity index (χ3n) is 7.90. The smallest absolute Gasteiger partial charge is 0.414 e. The number of aliphatic imine (C=N–C) groups is 1. The average molecular weight is 739 g/mol. The Morgan fingerprint density at radius 1 is 0.959 bits per heavy atom.